The third kappa shape index (κ3) is 3.16. The Labute approximate surface area is 159 Å². The Kier molecular flexibility index (Phi) is 4.57. The van der Waals surface area contributed by atoms with Crippen molar-refractivity contribution in [3.63, 3.8) is 0 Å². The van der Waals surface area contributed by atoms with Gasteiger partial charge in [0.05, 0.1) is 22.8 Å². The fourth-order valence-electron chi connectivity index (χ4n) is 2.92. The summed E-state index contributed by atoms with van der Waals surface area (Å²) in [5.74, 6) is 0.258. The summed E-state index contributed by atoms with van der Waals surface area (Å²) in [6, 6.07) is 12.7. The van der Waals surface area contributed by atoms with E-state index in [9.17, 15) is 0 Å². The molecule has 3 nitrogen and oxygen atoms in total. The number of thiazole rings is 1. The summed E-state index contributed by atoms with van der Waals surface area (Å²) in [6.45, 7) is 0. The second-order valence-electron chi connectivity index (χ2n) is 5.82. The molecule has 0 aliphatic heterocycles. The fourth-order valence-corrected chi connectivity index (χ4v) is 3.86. The van der Waals surface area contributed by atoms with Crippen molar-refractivity contribution in [2.45, 2.75) is 6.42 Å². The molecule has 26 heavy (non-hydrogen) atoms. The van der Waals surface area contributed by atoms with E-state index >= 15 is 4.39 Å². The second-order valence-corrected chi connectivity index (χ2v) is 7.14. The first kappa shape index (κ1) is 16.9. The Morgan fingerprint density at radius 1 is 1.15 bits per heavy atom. The van der Waals surface area contributed by atoms with E-state index in [1.807, 2.05) is 24.3 Å². The van der Waals surface area contributed by atoms with E-state index in [1.165, 1.54) is 11.3 Å². The lowest BCUT2D eigenvalue weighted by Crippen LogP contribution is -1.98. The molecule has 0 radical (unpaired) electrons. The lowest BCUT2D eigenvalue weighted by atomic mass is 9.97. The van der Waals surface area contributed by atoms with Gasteiger partial charge in [-0.25, -0.2) is 14.4 Å². The molecular formula is C20H14ClFN2OS. The van der Waals surface area contributed by atoms with Crippen molar-refractivity contribution in [3.05, 3.63) is 76.1 Å². The molecule has 4 aromatic rings. The molecule has 0 bridgehead atoms. The summed E-state index contributed by atoms with van der Waals surface area (Å²) >= 11 is 7.60. The fraction of sp³-hybridized carbons (Fsp3) is 0.100. The average molecular weight is 385 g/mol. The van der Waals surface area contributed by atoms with Gasteiger partial charge in [-0.1, -0.05) is 29.8 Å². The van der Waals surface area contributed by atoms with Gasteiger partial charge in [0.1, 0.15) is 5.82 Å². The van der Waals surface area contributed by atoms with E-state index in [0.29, 0.717) is 34.0 Å². The maximum absolute atomic E-state index is 15.4. The molecule has 2 heterocycles. The zero-order chi connectivity index (χ0) is 18.1. The summed E-state index contributed by atoms with van der Waals surface area (Å²) in [7, 11) is 1.57. The Hall–Kier alpha value is -2.50. The minimum absolute atomic E-state index is 0.276. The summed E-state index contributed by atoms with van der Waals surface area (Å²) < 4.78 is 21.4. The molecule has 0 unspecified atom stereocenters. The van der Waals surface area contributed by atoms with Crippen LogP contribution in [0.15, 0.2) is 54.2 Å². The minimum Gasteiger partial charge on any atom is -0.481 e. The van der Waals surface area contributed by atoms with Crippen molar-refractivity contribution in [3.8, 4) is 17.0 Å². The van der Waals surface area contributed by atoms with Gasteiger partial charge in [0.2, 0.25) is 5.88 Å². The Bertz CT molecular complexity index is 1080. The van der Waals surface area contributed by atoms with Crippen LogP contribution in [0.1, 0.15) is 11.1 Å². The number of rotatable bonds is 4. The molecule has 130 valence electrons. The van der Waals surface area contributed by atoms with Gasteiger partial charge in [-0.05, 0) is 34.9 Å². The maximum atomic E-state index is 15.4. The molecule has 0 saturated carbocycles. The minimum atomic E-state index is -0.276. The van der Waals surface area contributed by atoms with Gasteiger partial charge < -0.3 is 4.74 Å². The smallest absolute Gasteiger partial charge is 0.212 e. The van der Waals surface area contributed by atoms with Gasteiger partial charge >= 0.3 is 0 Å². The molecule has 0 amide bonds. The molecule has 0 fully saturated rings. The lowest BCUT2D eigenvalue weighted by molar-refractivity contribution is 0.397. The number of hydrogen-bond acceptors (Lipinski definition) is 4. The van der Waals surface area contributed by atoms with E-state index in [-0.39, 0.29) is 5.82 Å². The number of aromatic nitrogens is 2. The average Bonchev–Trinajstić information content (AvgIpc) is 3.11. The summed E-state index contributed by atoms with van der Waals surface area (Å²) in [4.78, 5) is 8.56. The lowest BCUT2D eigenvalue weighted by Gasteiger charge is -2.11. The van der Waals surface area contributed by atoms with E-state index in [0.717, 1.165) is 15.8 Å². The maximum Gasteiger partial charge on any atom is 0.212 e. The van der Waals surface area contributed by atoms with Crippen molar-refractivity contribution in [2.24, 2.45) is 0 Å². The predicted octanol–water partition coefficient (Wildman–Crippen LogP) is 5.75. The molecule has 0 aliphatic rings. The first-order valence-electron chi connectivity index (χ1n) is 7.95. The SMILES string of the molecule is COc1ccc(Cc2cc3scnc3c(-c3cccc(Cl)c3)c2F)cn1. The van der Waals surface area contributed by atoms with Crippen molar-refractivity contribution >= 4 is 33.2 Å². The van der Waals surface area contributed by atoms with Gasteiger partial charge in [-0.15, -0.1) is 11.3 Å². The van der Waals surface area contributed by atoms with E-state index in [1.54, 1.807) is 37.0 Å². The van der Waals surface area contributed by atoms with Gasteiger partial charge in [0.25, 0.3) is 0 Å². The molecule has 0 N–H and O–H groups in total. The number of fused-ring (bicyclic) bond motifs is 1. The van der Waals surface area contributed by atoms with Crippen LogP contribution < -0.4 is 4.74 Å². The van der Waals surface area contributed by atoms with E-state index in [4.69, 9.17) is 16.3 Å². The van der Waals surface area contributed by atoms with Gasteiger partial charge in [-0.2, -0.15) is 0 Å². The predicted molar refractivity (Wildman–Crippen MR) is 104 cm³/mol. The van der Waals surface area contributed by atoms with Crippen LogP contribution in [0.3, 0.4) is 0 Å². The second kappa shape index (κ2) is 7.02. The molecule has 0 spiro atoms. The van der Waals surface area contributed by atoms with E-state index in [2.05, 4.69) is 9.97 Å². The number of hydrogen-bond donors (Lipinski definition) is 0. The van der Waals surface area contributed by atoms with E-state index < -0.39 is 0 Å². The topological polar surface area (TPSA) is 35.0 Å². The third-order valence-electron chi connectivity index (χ3n) is 4.15. The number of benzene rings is 2. The van der Waals surface area contributed by atoms with Crippen molar-refractivity contribution in [1.82, 2.24) is 9.97 Å². The largest absolute Gasteiger partial charge is 0.481 e. The van der Waals surface area contributed by atoms with Gasteiger partial charge in [-0.3, -0.25) is 0 Å². The third-order valence-corrected chi connectivity index (χ3v) is 5.16. The highest BCUT2D eigenvalue weighted by atomic mass is 35.5. The zero-order valence-electron chi connectivity index (χ0n) is 13.9. The van der Waals surface area contributed by atoms with Crippen molar-refractivity contribution < 1.29 is 9.13 Å². The van der Waals surface area contributed by atoms with Crippen LogP contribution in [0.2, 0.25) is 5.02 Å². The van der Waals surface area contributed by atoms with Gasteiger partial charge in [0.15, 0.2) is 0 Å². The molecule has 2 aromatic carbocycles. The normalized spacial score (nSPS) is 11.0. The quantitative estimate of drug-likeness (QED) is 0.449. The standard InChI is InChI=1S/C20H14ClFN2OS/c1-25-17-6-5-12(10-23-17)7-14-9-16-20(24-11-26-16)18(19(14)22)13-3-2-4-15(21)8-13/h2-6,8-11H,7H2,1H3. The van der Waals surface area contributed by atoms with Crippen LogP contribution in [0, 0.1) is 5.82 Å². The summed E-state index contributed by atoms with van der Waals surface area (Å²) in [5, 5.41) is 0.565. The summed E-state index contributed by atoms with van der Waals surface area (Å²) in [6.07, 6.45) is 2.14. The van der Waals surface area contributed by atoms with Crippen LogP contribution in [-0.2, 0) is 6.42 Å². The highest BCUT2D eigenvalue weighted by molar-refractivity contribution is 7.16. The number of methoxy groups -OCH3 is 1. The number of ether oxygens (including phenoxy) is 1. The monoisotopic (exact) mass is 384 g/mol. The van der Waals surface area contributed by atoms with Crippen LogP contribution >= 0.6 is 22.9 Å². The number of nitrogens with zero attached hydrogens (tertiary/aromatic N) is 2. The van der Waals surface area contributed by atoms with Crippen molar-refractivity contribution in [2.75, 3.05) is 7.11 Å². The Morgan fingerprint density at radius 2 is 2.04 bits per heavy atom. The Balaban J connectivity index is 1.84. The molecule has 0 saturated heterocycles. The van der Waals surface area contributed by atoms with Crippen LogP contribution in [0.5, 0.6) is 5.88 Å². The molecule has 0 aliphatic carbocycles. The van der Waals surface area contributed by atoms with Crippen LogP contribution in [0.4, 0.5) is 4.39 Å². The van der Waals surface area contributed by atoms with Gasteiger partial charge in [0, 0.05) is 29.3 Å². The molecule has 0 atom stereocenters. The first-order valence-corrected chi connectivity index (χ1v) is 9.21. The van der Waals surface area contributed by atoms with Crippen LogP contribution in [-0.4, -0.2) is 17.1 Å². The molecule has 2 aromatic heterocycles. The van der Waals surface area contributed by atoms with Crippen molar-refractivity contribution in [1.29, 1.82) is 0 Å². The zero-order valence-corrected chi connectivity index (χ0v) is 15.4. The molecular weight excluding hydrogens is 371 g/mol. The summed E-state index contributed by atoms with van der Waals surface area (Å²) in [5.41, 5.74) is 5.11. The number of pyridine rings is 1. The molecule has 4 rings (SSSR count). The first-order chi connectivity index (χ1) is 12.7. The molecule has 6 heteroatoms. The Morgan fingerprint density at radius 3 is 2.77 bits per heavy atom. The number of halogens is 2. The highest BCUT2D eigenvalue weighted by Gasteiger charge is 2.18. The highest BCUT2D eigenvalue weighted by Crippen LogP contribution is 2.36. The van der Waals surface area contributed by atoms with Crippen LogP contribution in [0.25, 0.3) is 21.3 Å².